The van der Waals surface area contributed by atoms with E-state index < -0.39 is 0 Å². The molecule has 0 saturated heterocycles. The van der Waals surface area contributed by atoms with Gasteiger partial charge in [0.05, 0.1) is 22.4 Å². The van der Waals surface area contributed by atoms with Crippen molar-refractivity contribution in [3.63, 3.8) is 0 Å². The maximum Gasteiger partial charge on any atom is 0.137 e. The summed E-state index contributed by atoms with van der Waals surface area (Å²) in [6, 6.07) is 26.0. The van der Waals surface area contributed by atoms with Gasteiger partial charge in [0.1, 0.15) is 17.3 Å². The largest absolute Gasteiger partial charge is 0.457 e. The highest BCUT2D eigenvalue weighted by atomic mass is 16.5. The lowest BCUT2D eigenvalue weighted by molar-refractivity contribution is 0.389. The molecular weight excluding hydrogens is 625 g/mol. The van der Waals surface area contributed by atoms with E-state index in [4.69, 9.17) is 14.8 Å². The number of aryl methyl sites for hydroxylation is 2. The molecule has 264 valence electrons. The van der Waals surface area contributed by atoms with E-state index in [-0.39, 0.29) is 0 Å². The van der Waals surface area contributed by atoms with E-state index in [1.807, 2.05) is 6.20 Å². The zero-order chi connectivity index (χ0) is 36.0. The number of rotatable bonds is 10. The van der Waals surface area contributed by atoms with Crippen LogP contribution in [0, 0.1) is 24.7 Å². The standard InChI is InChI=1S/C46H54N4O/c1-10-34-19-20-47-44(23-34)49-41-14-12-11-13-39(41)40-17-16-37(27-43(40)49)51-38-25-35(29(4)5)24-36(26-38)50-42(18-15-28(2)3)46(33(9)48-50)45-31(7)21-30(6)22-32(45)8/h11-14,16-17,19-21,23-30,32,45H,10,15,18,22H2,1-9H3/t30-,32?,45-/m0/s1. The molecule has 6 aromatic rings. The number of benzene rings is 3. The van der Waals surface area contributed by atoms with Crippen molar-refractivity contribution in [3.8, 4) is 23.0 Å². The number of fused-ring (bicyclic) bond motifs is 3. The Morgan fingerprint density at radius 3 is 2.39 bits per heavy atom. The Bertz CT molecular complexity index is 2230. The fourth-order valence-corrected chi connectivity index (χ4v) is 8.50. The third-order valence-electron chi connectivity index (χ3n) is 11.0. The second-order valence-corrected chi connectivity index (χ2v) is 15.8. The summed E-state index contributed by atoms with van der Waals surface area (Å²) in [4.78, 5) is 4.82. The van der Waals surface area contributed by atoms with Crippen molar-refractivity contribution in [1.29, 1.82) is 0 Å². The van der Waals surface area contributed by atoms with Gasteiger partial charge in [0.15, 0.2) is 0 Å². The van der Waals surface area contributed by atoms with Gasteiger partial charge in [-0.05, 0) is 117 Å². The highest BCUT2D eigenvalue weighted by Gasteiger charge is 2.32. The lowest BCUT2D eigenvalue weighted by atomic mass is 9.72. The summed E-state index contributed by atoms with van der Waals surface area (Å²) in [5, 5.41) is 7.71. The molecule has 3 atom stereocenters. The third kappa shape index (κ3) is 6.76. The molecule has 0 bridgehead atoms. The van der Waals surface area contributed by atoms with E-state index in [1.54, 1.807) is 0 Å². The molecule has 51 heavy (non-hydrogen) atoms. The quantitative estimate of drug-likeness (QED) is 0.135. The molecule has 5 heteroatoms. The van der Waals surface area contributed by atoms with Crippen molar-refractivity contribution in [1.82, 2.24) is 19.3 Å². The number of nitrogens with zero attached hydrogens (tertiary/aromatic N) is 4. The van der Waals surface area contributed by atoms with Crippen molar-refractivity contribution in [2.75, 3.05) is 0 Å². The smallest absolute Gasteiger partial charge is 0.137 e. The minimum Gasteiger partial charge on any atom is -0.457 e. The summed E-state index contributed by atoms with van der Waals surface area (Å²) in [6.45, 7) is 20.7. The first-order valence-electron chi connectivity index (χ1n) is 19.1. The molecule has 0 amide bonds. The molecule has 3 aromatic heterocycles. The van der Waals surface area contributed by atoms with E-state index in [1.165, 1.54) is 45.2 Å². The van der Waals surface area contributed by atoms with Gasteiger partial charge >= 0.3 is 0 Å². The van der Waals surface area contributed by atoms with E-state index in [9.17, 15) is 0 Å². The molecule has 0 N–H and O–H groups in total. The van der Waals surface area contributed by atoms with Gasteiger partial charge in [-0.25, -0.2) is 9.67 Å². The zero-order valence-electron chi connectivity index (χ0n) is 32.0. The Balaban J connectivity index is 1.34. The molecule has 3 aromatic carbocycles. The molecule has 0 saturated carbocycles. The highest BCUT2D eigenvalue weighted by molar-refractivity contribution is 6.09. The molecule has 0 fully saturated rings. The van der Waals surface area contributed by atoms with E-state index in [0.29, 0.717) is 29.6 Å². The topological polar surface area (TPSA) is 44.9 Å². The van der Waals surface area contributed by atoms with Crippen LogP contribution in [-0.4, -0.2) is 19.3 Å². The fourth-order valence-electron chi connectivity index (χ4n) is 8.50. The number of pyridine rings is 1. The molecule has 0 aliphatic heterocycles. The maximum absolute atomic E-state index is 6.82. The number of ether oxygens (including phenoxy) is 1. The van der Waals surface area contributed by atoms with E-state index in [2.05, 4.69) is 150 Å². The van der Waals surface area contributed by atoms with Crippen LogP contribution in [0.4, 0.5) is 0 Å². The molecule has 3 heterocycles. The lowest BCUT2D eigenvalue weighted by Gasteiger charge is -2.33. The first kappa shape index (κ1) is 34.8. The number of hydrogen-bond acceptors (Lipinski definition) is 3. The third-order valence-corrected chi connectivity index (χ3v) is 11.0. The summed E-state index contributed by atoms with van der Waals surface area (Å²) >= 11 is 0. The summed E-state index contributed by atoms with van der Waals surface area (Å²) in [5.74, 6) is 5.07. The van der Waals surface area contributed by atoms with Crippen LogP contribution >= 0.6 is 0 Å². The number of allylic oxidation sites excluding steroid dienone is 2. The van der Waals surface area contributed by atoms with Gasteiger partial charge in [-0.3, -0.25) is 4.57 Å². The van der Waals surface area contributed by atoms with Gasteiger partial charge in [-0.1, -0.05) is 78.3 Å². The summed E-state index contributed by atoms with van der Waals surface area (Å²) in [7, 11) is 0. The molecule has 1 unspecified atom stereocenters. The minimum atomic E-state index is 0.328. The Labute approximate surface area is 304 Å². The SMILES string of the molecule is CCc1ccnc(-n2c3ccccc3c3ccc(Oc4cc(C(C)C)cc(-n5nc(C)c([C@H]6C(C)=C[C@H](C)CC6C)c5CCC(C)C)c4)cc32)c1. The lowest BCUT2D eigenvalue weighted by Crippen LogP contribution is -2.21. The Kier molecular flexibility index (Phi) is 9.67. The number of aromatic nitrogens is 4. The van der Waals surface area contributed by atoms with Crippen molar-refractivity contribution in [2.24, 2.45) is 17.8 Å². The van der Waals surface area contributed by atoms with Crippen LogP contribution in [0.15, 0.2) is 90.6 Å². The van der Waals surface area contributed by atoms with Crippen molar-refractivity contribution >= 4 is 21.8 Å². The second-order valence-electron chi connectivity index (χ2n) is 15.8. The van der Waals surface area contributed by atoms with Crippen molar-refractivity contribution < 1.29 is 4.74 Å². The summed E-state index contributed by atoms with van der Waals surface area (Å²) in [6.07, 6.45) is 8.69. The Hall–Kier alpha value is -4.64. The molecule has 7 rings (SSSR count). The highest BCUT2D eigenvalue weighted by Crippen LogP contribution is 2.44. The zero-order valence-corrected chi connectivity index (χ0v) is 32.0. The number of hydrogen-bond donors (Lipinski definition) is 0. The molecule has 1 aliphatic carbocycles. The Morgan fingerprint density at radius 1 is 0.863 bits per heavy atom. The average Bonchev–Trinajstić information content (AvgIpc) is 3.60. The predicted octanol–water partition coefficient (Wildman–Crippen LogP) is 12.4. The van der Waals surface area contributed by atoms with Crippen LogP contribution in [0.5, 0.6) is 11.5 Å². The normalized spacial score (nSPS) is 17.9. The maximum atomic E-state index is 6.82. The van der Waals surface area contributed by atoms with Crippen molar-refractivity contribution in [2.45, 2.75) is 99.8 Å². The summed E-state index contributed by atoms with van der Waals surface area (Å²) in [5.41, 5.74) is 11.2. The monoisotopic (exact) mass is 678 g/mol. The molecular formula is C46H54N4O. The average molecular weight is 679 g/mol. The van der Waals surface area contributed by atoms with Gasteiger partial charge in [0.25, 0.3) is 0 Å². The molecule has 0 spiro atoms. The van der Waals surface area contributed by atoms with Gasteiger partial charge in [-0.2, -0.15) is 5.10 Å². The van der Waals surface area contributed by atoms with Crippen LogP contribution in [0.3, 0.4) is 0 Å². The van der Waals surface area contributed by atoms with Gasteiger partial charge in [0, 0.05) is 46.3 Å². The first-order chi connectivity index (χ1) is 24.5. The molecule has 5 nitrogen and oxygen atoms in total. The second kappa shape index (κ2) is 14.2. The molecule has 1 aliphatic rings. The number of para-hydroxylation sites is 1. The van der Waals surface area contributed by atoms with Crippen LogP contribution in [-0.2, 0) is 12.8 Å². The Morgan fingerprint density at radius 2 is 1.65 bits per heavy atom. The fraction of sp³-hybridized carbons (Fsp3) is 0.391. The summed E-state index contributed by atoms with van der Waals surface area (Å²) < 4.78 is 11.3. The van der Waals surface area contributed by atoms with Gasteiger partial charge in [0.2, 0.25) is 0 Å². The molecule has 0 radical (unpaired) electrons. The minimum absolute atomic E-state index is 0.328. The van der Waals surface area contributed by atoms with Crippen molar-refractivity contribution in [3.05, 3.63) is 119 Å². The van der Waals surface area contributed by atoms with E-state index >= 15 is 0 Å². The van der Waals surface area contributed by atoms with Crippen LogP contribution in [0.1, 0.15) is 108 Å². The van der Waals surface area contributed by atoms with Gasteiger partial charge in [-0.15, -0.1) is 0 Å². The van der Waals surface area contributed by atoms with Crippen LogP contribution in [0.2, 0.25) is 0 Å². The van der Waals surface area contributed by atoms with Gasteiger partial charge < -0.3 is 4.74 Å². The van der Waals surface area contributed by atoms with Crippen LogP contribution in [0.25, 0.3) is 33.3 Å². The predicted molar refractivity (Wildman–Crippen MR) is 213 cm³/mol. The first-order valence-corrected chi connectivity index (χ1v) is 19.1. The van der Waals surface area contributed by atoms with E-state index in [0.717, 1.165) is 59.0 Å². The van der Waals surface area contributed by atoms with Crippen LogP contribution < -0.4 is 4.74 Å².